The number of rotatable bonds is 3. The van der Waals surface area contributed by atoms with Crippen LogP contribution in [0, 0.1) is 0 Å². The summed E-state index contributed by atoms with van der Waals surface area (Å²) in [5.74, 6) is 1.38. The first-order valence-corrected chi connectivity index (χ1v) is 3.85. The van der Waals surface area contributed by atoms with Gasteiger partial charge in [-0.05, 0) is 0 Å². The third kappa shape index (κ3) is 3.95. The Morgan fingerprint density at radius 2 is 2.29 bits per heavy atom. The zero-order valence-electron chi connectivity index (χ0n) is 4.52. The highest BCUT2D eigenvalue weighted by Gasteiger charge is 1.88. The van der Waals surface area contributed by atoms with E-state index in [0.29, 0.717) is 12.3 Å². The van der Waals surface area contributed by atoms with Gasteiger partial charge < -0.3 is 5.73 Å². The van der Waals surface area contributed by atoms with E-state index < -0.39 is 10.8 Å². The van der Waals surface area contributed by atoms with Crippen molar-refractivity contribution in [2.24, 2.45) is 5.73 Å². The fourth-order valence-electron chi connectivity index (χ4n) is 0.276. The predicted molar refractivity (Wildman–Crippen MR) is 32.6 cm³/mol. The lowest BCUT2D eigenvalue weighted by atomic mass is 10.8. The summed E-state index contributed by atoms with van der Waals surface area (Å²) in [6.45, 7) is 2.44. The molecular formula is C4H11NOS. The molecule has 2 nitrogen and oxygen atoms in total. The van der Waals surface area contributed by atoms with E-state index >= 15 is 0 Å². The molecule has 0 aliphatic carbocycles. The van der Waals surface area contributed by atoms with Gasteiger partial charge in [0, 0.05) is 28.9 Å². The zero-order chi connectivity index (χ0) is 5.70. The van der Waals surface area contributed by atoms with Crippen LogP contribution < -0.4 is 5.73 Å². The van der Waals surface area contributed by atoms with Crippen molar-refractivity contribution in [3.05, 3.63) is 0 Å². The maximum atomic E-state index is 10.4. The van der Waals surface area contributed by atoms with E-state index in [0.717, 1.165) is 5.75 Å². The van der Waals surface area contributed by atoms with Gasteiger partial charge in [-0.3, -0.25) is 4.21 Å². The molecule has 0 aliphatic rings. The number of nitrogens with two attached hydrogens (primary N) is 1. The lowest BCUT2D eigenvalue weighted by molar-refractivity contribution is 0.683. The Balaban J connectivity index is 3.00. The number of hydrogen-bond acceptors (Lipinski definition) is 2. The van der Waals surface area contributed by atoms with Crippen LogP contribution in [0.2, 0.25) is 0 Å². The molecule has 0 rings (SSSR count). The molecule has 0 unspecified atom stereocenters. The van der Waals surface area contributed by atoms with Crippen LogP contribution in [0.25, 0.3) is 0 Å². The van der Waals surface area contributed by atoms with E-state index in [1.54, 1.807) is 0 Å². The van der Waals surface area contributed by atoms with Crippen molar-refractivity contribution in [2.45, 2.75) is 6.92 Å². The first-order chi connectivity index (χ1) is 3.31. The Bertz CT molecular complexity index is 64.7. The van der Waals surface area contributed by atoms with Crippen molar-refractivity contribution >= 4 is 10.8 Å². The van der Waals surface area contributed by atoms with E-state index in [-0.39, 0.29) is 0 Å². The van der Waals surface area contributed by atoms with Gasteiger partial charge in [0.05, 0.1) is 0 Å². The molecule has 2 N–H and O–H groups in total. The summed E-state index contributed by atoms with van der Waals surface area (Å²) in [5, 5.41) is 0. The summed E-state index contributed by atoms with van der Waals surface area (Å²) in [5.41, 5.74) is 5.11. The molecule has 0 heterocycles. The fraction of sp³-hybridized carbons (Fsp3) is 1.00. The second-order valence-electron chi connectivity index (χ2n) is 1.22. The second-order valence-corrected chi connectivity index (χ2v) is 3.09. The Labute approximate surface area is 46.5 Å². The smallest absolute Gasteiger partial charge is 0.0357 e. The van der Waals surface area contributed by atoms with Crippen LogP contribution >= 0.6 is 0 Å². The molecule has 0 fully saturated rings. The third-order valence-electron chi connectivity index (χ3n) is 0.667. The van der Waals surface area contributed by atoms with E-state index in [1.807, 2.05) is 6.92 Å². The first-order valence-electron chi connectivity index (χ1n) is 2.36. The first kappa shape index (κ1) is 7.11. The monoisotopic (exact) mass is 121 g/mol. The quantitative estimate of drug-likeness (QED) is 0.557. The molecule has 3 heteroatoms. The van der Waals surface area contributed by atoms with Gasteiger partial charge in [0.15, 0.2) is 0 Å². The molecule has 0 aromatic carbocycles. The van der Waals surface area contributed by atoms with Gasteiger partial charge in [0.2, 0.25) is 0 Å². The topological polar surface area (TPSA) is 43.1 Å². The SMILES string of the molecule is CC[S@](=O)CCN. The van der Waals surface area contributed by atoms with Crippen LogP contribution in [0.1, 0.15) is 6.92 Å². The summed E-state index contributed by atoms with van der Waals surface area (Å²) in [7, 11) is -0.652. The van der Waals surface area contributed by atoms with Crippen molar-refractivity contribution in [1.82, 2.24) is 0 Å². The Morgan fingerprint density at radius 3 is 2.43 bits per heavy atom. The molecule has 0 radical (unpaired) electrons. The summed E-state index contributed by atoms with van der Waals surface area (Å²) in [4.78, 5) is 0. The minimum atomic E-state index is -0.652. The van der Waals surface area contributed by atoms with Gasteiger partial charge >= 0.3 is 0 Å². The average molecular weight is 121 g/mol. The van der Waals surface area contributed by atoms with E-state index in [1.165, 1.54) is 0 Å². The second kappa shape index (κ2) is 4.27. The maximum Gasteiger partial charge on any atom is 0.0357 e. The minimum Gasteiger partial charge on any atom is -0.330 e. The van der Waals surface area contributed by atoms with E-state index in [9.17, 15) is 4.21 Å². The van der Waals surface area contributed by atoms with Crippen LogP contribution in [0.3, 0.4) is 0 Å². The van der Waals surface area contributed by atoms with Crippen LogP contribution in [0.5, 0.6) is 0 Å². The summed E-state index contributed by atoms with van der Waals surface area (Å²) < 4.78 is 10.4. The molecule has 1 atom stereocenters. The molecule has 0 aromatic rings. The molecule has 7 heavy (non-hydrogen) atoms. The van der Waals surface area contributed by atoms with Gasteiger partial charge in [-0.2, -0.15) is 0 Å². The van der Waals surface area contributed by atoms with Crippen molar-refractivity contribution in [3.63, 3.8) is 0 Å². The summed E-state index contributed by atoms with van der Waals surface area (Å²) in [6.07, 6.45) is 0. The van der Waals surface area contributed by atoms with Crippen LogP contribution in [0.15, 0.2) is 0 Å². The molecule has 44 valence electrons. The molecule has 0 saturated carbocycles. The Hall–Kier alpha value is 0.110. The van der Waals surface area contributed by atoms with E-state index in [4.69, 9.17) is 5.73 Å². The minimum absolute atomic E-state index is 0.542. The van der Waals surface area contributed by atoms with Crippen molar-refractivity contribution in [1.29, 1.82) is 0 Å². The van der Waals surface area contributed by atoms with E-state index in [2.05, 4.69) is 0 Å². The van der Waals surface area contributed by atoms with Crippen LogP contribution in [-0.2, 0) is 10.8 Å². The highest BCUT2D eigenvalue weighted by molar-refractivity contribution is 7.84. The third-order valence-corrected chi connectivity index (χ3v) is 2.00. The molecule has 0 aliphatic heterocycles. The zero-order valence-corrected chi connectivity index (χ0v) is 5.33. The highest BCUT2D eigenvalue weighted by atomic mass is 32.2. The Morgan fingerprint density at radius 1 is 1.71 bits per heavy atom. The molecular weight excluding hydrogens is 110 g/mol. The highest BCUT2D eigenvalue weighted by Crippen LogP contribution is 1.75. The van der Waals surface area contributed by atoms with Crippen LogP contribution in [-0.4, -0.2) is 22.3 Å². The normalized spacial score (nSPS) is 14.0. The summed E-state index contributed by atoms with van der Waals surface area (Å²) in [6, 6.07) is 0. The van der Waals surface area contributed by atoms with Gasteiger partial charge in [-0.25, -0.2) is 0 Å². The predicted octanol–water partition coefficient (Wildman–Crippen LogP) is -0.286. The van der Waals surface area contributed by atoms with Crippen molar-refractivity contribution in [2.75, 3.05) is 18.1 Å². The van der Waals surface area contributed by atoms with Crippen molar-refractivity contribution in [3.8, 4) is 0 Å². The molecule has 0 spiro atoms. The largest absolute Gasteiger partial charge is 0.330 e. The van der Waals surface area contributed by atoms with Gasteiger partial charge in [-0.1, -0.05) is 6.92 Å². The maximum absolute atomic E-state index is 10.4. The average Bonchev–Trinajstić information content (AvgIpc) is 1.68. The Kier molecular flexibility index (Phi) is 4.34. The van der Waals surface area contributed by atoms with Gasteiger partial charge in [0.25, 0.3) is 0 Å². The lowest BCUT2D eigenvalue weighted by Crippen LogP contribution is -2.10. The molecule has 0 aromatic heterocycles. The molecule has 0 amide bonds. The van der Waals surface area contributed by atoms with Gasteiger partial charge in [-0.15, -0.1) is 0 Å². The van der Waals surface area contributed by atoms with Gasteiger partial charge in [0.1, 0.15) is 0 Å². The molecule has 0 bridgehead atoms. The summed E-state index contributed by atoms with van der Waals surface area (Å²) >= 11 is 0. The number of hydrogen-bond donors (Lipinski definition) is 1. The fourth-order valence-corrected chi connectivity index (χ4v) is 0.827. The van der Waals surface area contributed by atoms with Crippen LogP contribution in [0.4, 0.5) is 0 Å². The lowest BCUT2D eigenvalue weighted by Gasteiger charge is -1.89. The van der Waals surface area contributed by atoms with Crippen molar-refractivity contribution < 1.29 is 4.21 Å². The molecule has 0 saturated heterocycles. The standard InChI is InChI=1S/C4H11NOS/c1-2-7(6)4-3-5/h2-5H2,1H3/t7-/m0/s1.